The molecule has 0 fully saturated rings. The summed E-state index contributed by atoms with van der Waals surface area (Å²) in [6.45, 7) is 5.17. The lowest BCUT2D eigenvalue weighted by molar-refractivity contribution is -0.385. The average Bonchev–Trinajstić information content (AvgIpc) is 2.54. The van der Waals surface area contributed by atoms with Crippen LogP contribution in [0.15, 0.2) is 18.2 Å². The minimum Gasteiger partial charge on any atom is -0.490 e. The molecule has 0 aliphatic heterocycles. The molecule has 1 rings (SSSR count). The fourth-order valence-electron chi connectivity index (χ4n) is 2.42. The molecule has 0 saturated carbocycles. The van der Waals surface area contributed by atoms with Gasteiger partial charge in [0.2, 0.25) is 0 Å². The molecular formula is C18H29NO4. The van der Waals surface area contributed by atoms with E-state index in [9.17, 15) is 10.1 Å². The van der Waals surface area contributed by atoms with Crippen LogP contribution in [0.2, 0.25) is 0 Å². The Morgan fingerprint density at radius 1 is 0.913 bits per heavy atom. The summed E-state index contributed by atoms with van der Waals surface area (Å²) in [4.78, 5) is 10.4. The van der Waals surface area contributed by atoms with Crippen molar-refractivity contribution in [2.75, 3.05) is 13.2 Å². The molecule has 0 bridgehead atoms. The van der Waals surface area contributed by atoms with E-state index < -0.39 is 4.92 Å². The minimum atomic E-state index is -0.418. The van der Waals surface area contributed by atoms with Crippen LogP contribution in [0.4, 0.5) is 5.69 Å². The van der Waals surface area contributed by atoms with Gasteiger partial charge in [0, 0.05) is 6.07 Å². The van der Waals surface area contributed by atoms with Crippen molar-refractivity contribution in [1.82, 2.24) is 0 Å². The first kappa shape index (κ1) is 19.3. The van der Waals surface area contributed by atoms with Crippen molar-refractivity contribution in [3.63, 3.8) is 0 Å². The maximum atomic E-state index is 10.9. The summed E-state index contributed by atoms with van der Waals surface area (Å²) in [5.74, 6) is 1.03. The van der Waals surface area contributed by atoms with Gasteiger partial charge in [-0.25, -0.2) is 0 Å². The van der Waals surface area contributed by atoms with Gasteiger partial charge in [-0.3, -0.25) is 10.1 Å². The summed E-state index contributed by atoms with van der Waals surface area (Å²) < 4.78 is 11.2. The maximum absolute atomic E-state index is 10.9. The number of rotatable bonds is 13. The van der Waals surface area contributed by atoms with Gasteiger partial charge in [-0.1, -0.05) is 51.9 Å². The van der Waals surface area contributed by atoms with Crippen molar-refractivity contribution in [2.24, 2.45) is 0 Å². The van der Waals surface area contributed by atoms with E-state index in [-0.39, 0.29) is 5.69 Å². The van der Waals surface area contributed by atoms with Gasteiger partial charge in [0.15, 0.2) is 11.5 Å². The molecule has 0 aliphatic carbocycles. The molecule has 130 valence electrons. The van der Waals surface area contributed by atoms with Gasteiger partial charge in [-0.05, 0) is 19.4 Å². The van der Waals surface area contributed by atoms with Gasteiger partial charge in [-0.2, -0.15) is 0 Å². The first-order chi connectivity index (χ1) is 11.2. The third kappa shape index (κ3) is 7.86. The molecule has 0 unspecified atom stereocenters. The van der Waals surface area contributed by atoms with Crippen LogP contribution in [0.3, 0.4) is 0 Å². The van der Waals surface area contributed by atoms with Gasteiger partial charge in [0.25, 0.3) is 5.69 Å². The number of non-ortho nitro benzene ring substituents is 1. The number of unbranched alkanes of at least 4 members (excludes halogenated alkanes) is 7. The lowest BCUT2D eigenvalue weighted by Gasteiger charge is -2.11. The zero-order valence-corrected chi connectivity index (χ0v) is 14.4. The topological polar surface area (TPSA) is 61.6 Å². The zero-order chi connectivity index (χ0) is 16.9. The Morgan fingerprint density at radius 2 is 1.57 bits per heavy atom. The Kier molecular flexibility index (Phi) is 9.84. The quantitative estimate of drug-likeness (QED) is 0.273. The standard InChI is InChI=1S/C18H29NO4/c1-3-5-6-7-8-9-10-11-14-23-18-15-16(19(20)21)12-13-17(18)22-4-2/h12-13,15H,3-11,14H2,1-2H3. The number of nitro benzene ring substituents is 1. The van der Waals surface area contributed by atoms with E-state index in [1.165, 1.54) is 50.7 Å². The first-order valence-corrected chi connectivity index (χ1v) is 8.73. The fourth-order valence-corrected chi connectivity index (χ4v) is 2.42. The molecule has 0 N–H and O–H groups in total. The fraction of sp³-hybridized carbons (Fsp3) is 0.667. The van der Waals surface area contributed by atoms with Crippen molar-refractivity contribution >= 4 is 5.69 Å². The molecule has 23 heavy (non-hydrogen) atoms. The number of hydrogen-bond donors (Lipinski definition) is 0. The number of ether oxygens (including phenoxy) is 2. The predicted molar refractivity (Wildman–Crippen MR) is 92.4 cm³/mol. The van der Waals surface area contributed by atoms with E-state index in [1.54, 1.807) is 6.07 Å². The zero-order valence-electron chi connectivity index (χ0n) is 14.4. The predicted octanol–water partition coefficient (Wildman–Crippen LogP) is 5.51. The van der Waals surface area contributed by atoms with Crippen molar-refractivity contribution in [3.8, 4) is 11.5 Å². The summed E-state index contributed by atoms with van der Waals surface area (Å²) in [5.41, 5.74) is 0.0272. The van der Waals surface area contributed by atoms with E-state index in [2.05, 4.69) is 6.92 Å². The number of nitrogens with zero attached hydrogens (tertiary/aromatic N) is 1. The van der Waals surface area contributed by atoms with Crippen molar-refractivity contribution in [1.29, 1.82) is 0 Å². The monoisotopic (exact) mass is 323 g/mol. The summed E-state index contributed by atoms with van der Waals surface area (Å²) in [7, 11) is 0. The van der Waals surface area contributed by atoms with E-state index in [4.69, 9.17) is 9.47 Å². The second-order valence-electron chi connectivity index (χ2n) is 5.64. The summed E-state index contributed by atoms with van der Waals surface area (Å²) >= 11 is 0. The molecule has 5 heteroatoms. The molecule has 1 aromatic rings. The van der Waals surface area contributed by atoms with Gasteiger partial charge >= 0.3 is 0 Å². The molecule has 0 spiro atoms. The van der Waals surface area contributed by atoms with Crippen LogP contribution >= 0.6 is 0 Å². The molecule has 1 aromatic carbocycles. The SMILES string of the molecule is CCCCCCCCCCOc1cc([N+](=O)[O-])ccc1OCC. The van der Waals surface area contributed by atoms with Gasteiger partial charge in [0.1, 0.15) is 0 Å². The van der Waals surface area contributed by atoms with Crippen LogP contribution in [0, 0.1) is 10.1 Å². The third-order valence-corrected chi connectivity index (χ3v) is 3.69. The highest BCUT2D eigenvalue weighted by atomic mass is 16.6. The Labute approximate surface area is 139 Å². The molecule has 0 aliphatic rings. The van der Waals surface area contributed by atoms with Gasteiger partial charge < -0.3 is 9.47 Å². The molecule has 0 radical (unpaired) electrons. The number of hydrogen-bond acceptors (Lipinski definition) is 4. The highest BCUT2D eigenvalue weighted by molar-refractivity contribution is 5.48. The first-order valence-electron chi connectivity index (χ1n) is 8.73. The Morgan fingerprint density at radius 3 is 2.17 bits per heavy atom. The van der Waals surface area contributed by atoms with Crippen molar-refractivity contribution in [2.45, 2.75) is 65.2 Å². The van der Waals surface area contributed by atoms with Crippen LogP contribution in [0.25, 0.3) is 0 Å². The molecule has 5 nitrogen and oxygen atoms in total. The summed E-state index contributed by atoms with van der Waals surface area (Å²) in [6, 6.07) is 4.48. The molecular weight excluding hydrogens is 294 g/mol. The molecule has 0 amide bonds. The maximum Gasteiger partial charge on any atom is 0.273 e. The van der Waals surface area contributed by atoms with Crippen LogP contribution in [-0.2, 0) is 0 Å². The molecule has 0 atom stereocenters. The van der Waals surface area contributed by atoms with Crippen molar-refractivity contribution in [3.05, 3.63) is 28.3 Å². The average molecular weight is 323 g/mol. The van der Waals surface area contributed by atoms with E-state index in [1.807, 2.05) is 6.92 Å². The van der Waals surface area contributed by atoms with E-state index >= 15 is 0 Å². The van der Waals surface area contributed by atoms with Crippen molar-refractivity contribution < 1.29 is 14.4 Å². The van der Waals surface area contributed by atoms with Crippen LogP contribution in [-0.4, -0.2) is 18.1 Å². The summed E-state index contributed by atoms with van der Waals surface area (Å²) in [5, 5.41) is 10.9. The van der Waals surface area contributed by atoms with Gasteiger partial charge in [-0.15, -0.1) is 0 Å². The second kappa shape index (κ2) is 11.7. The largest absolute Gasteiger partial charge is 0.490 e. The van der Waals surface area contributed by atoms with E-state index in [0.717, 1.165) is 12.8 Å². The van der Waals surface area contributed by atoms with E-state index in [0.29, 0.717) is 24.7 Å². The lowest BCUT2D eigenvalue weighted by atomic mass is 10.1. The molecule has 0 aromatic heterocycles. The lowest BCUT2D eigenvalue weighted by Crippen LogP contribution is -2.02. The number of benzene rings is 1. The molecule has 0 heterocycles. The minimum absolute atomic E-state index is 0.0272. The highest BCUT2D eigenvalue weighted by Crippen LogP contribution is 2.31. The number of nitro groups is 1. The second-order valence-corrected chi connectivity index (χ2v) is 5.64. The summed E-state index contributed by atoms with van der Waals surface area (Å²) in [6.07, 6.45) is 9.84. The molecule has 0 saturated heterocycles. The normalized spacial score (nSPS) is 10.5. The Balaban J connectivity index is 2.32. The van der Waals surface area contributed by atoms with Crippen LogP contribution < -0.4 is 9.47 Å². The Bertz CT molecular complexity index is 462. The highest BCUT2D eigenvalue weighted by Gasteiger charge is 2.12. The van der Waals surface area contributed by atoms with Gasteiger partial charge in [0.05, 0.1) is 24.2 Å². The third-order valence-electron chi connectivity index (χ3n) is 3.69. The van der Waals surface area contributed by atoms with Crippen LogP contribution in [0.1, 0.15) is 65.2 Å². The Hall–Kier alpha value is -1.78. The van der Waals surface area contributed by atoms with Crippen LogP contribution in [0.5, 0.6) is 11.5 Å². The smallest absolute Gasteiger partial charge is 0.273 e.